The zero-order chi connectivity index (χ0) is 9.68. The molecule has 1 unspecified atom stereocenters. The zero-order valence-corrected chi connectivity index (χ0v) is 7.99. The Morgan fingerprint density at radius 2 is 2.23 bits per heavy atom. The van der Waals surface area contributed by atoms with E-state index in [1.807, 2.05) is 31.2 Å². The van der Waals surface area contributed by atoms with Crippen molar-refractivity contribution in [3.05, 3.63) is 29.8 Å². The molecule has 0 saturated heterocycles. The summed E-state index contributed by atoms with van der Waals surface area (Å²) in [5.41, 5.74) is 1.16. The summed E-state index contributed by atoms with van der Waals surface area (Å²) in [5.74, 6) is 5.92. The van der Waals surface area contributed by atoms with Gasteiger partial charge in [0.15, 0.2) is 0 Å². The standard InChI is InChI=1S/C10H15NO2/c1-8(13-11)6-9-4-3-5-10(7-9)12-2/h3-5,7-8H,6,11H2,1-2H3. The number of methoxy groups -OCH3 is 1. The van der Waals surface area contributed by atoms with Gasteiger partial charge in [-0.3, -0.25) is 0 Å². The Morgan fingerprint density at radius 3 is 2.85 bits per heavy atom. The van der Waals surface area contributed by atoms with Crippen molar-refractivity contribution >= 4 is 0 Å². The van der Waals surface area contributed by atoms with E-state index in [9.17, 15) is 0 Å². The first-order valence-electron chi connectivity index (χ1n) is 4.24. The van der Waals surface area contributed by atoms with Crippen molar-refractivity contribution in [2.24, 2.45) is 5.90 Å². The monoisotopic (exact) mass is 181 g/mol. The van der Waals surface area contributed by atoms with E-state index in [1.165, 1.54) is 0 Å². The molecule has 1 rings (SSSR count). The van der Waals surface area contributed by atoms with Crippen LogP contribution in [0, 0.1) is 0 Å². The van der Waals surface area contributed by atoms with Gasteiger partial charge in [0.05, 0.1) is 13.2 Å². The average molecular weight is 181 g/mol. The second-order valence-electron chi connectivity index (χ2n) is 3.00. The van der Waals surface area contributed by atoms with Crippen molar-refractivity contribution in [2.45, 2.75) is 19.4 Å². The highest BCUT2D eigenvalue weighted by Crippen LogP contribution is 2.14. The maximum absolute atomic E-state index is 5.10. The van der Waals surface area contributed by atoms with Crippen LogP contribution in [0.5, 0.6) is 5.75 Å². The second kappa shape index (κ2) is 4.84. The Bertz CT molecular complexity index is 263. The highest BCUT2D eigenvalue weighted by molar-refractivity contribution is 5.28. The molecule has 2 N–H and O–H groups in total. The molecule has 0 amide bonds. The molecule has 3 heteroatoms. The zero-order valence-electron chi connectivity index (χ0n) is 7.99. The van der Waals surface area contributed by atoms with Crippen LogP contribution in [0.3, 0.4) is 0 Å². The van der Waals surface area contributed by atoms with Crippen LogP contribution in [0.1, 0.15) is 12.5 Å². The third kappa shape index (κ3) is 3.05. The lowest BCUT2D eigenvalue weighted by Gasteiger charge is -2.09. The number of hydrogen-bond acceptors (Lipinski definition) is 3. The van der Waals surface area contributed by atoms with Crippen molar-refractivity contribution in [3.63, 3.8) is 0 Å². The van der Waals surface area contributed by atoms with Crippen LogP contribution in [0.2, 0.25) is 0 Å². The van der Waals surface area contributed by atoms with Gasteiger partial charge in [-0.2, -0.15) is 0 Å². The number of rotatable bonds is 4. The molecule has 0 bridgehead atoms. The van der Waals surface area contributed by atoms with Crippen molar-refractivity contribution in [3.8, 4) is 5.75 Å². The van der Waals surface area contributed by atoms with Gasteiger partial charge in [-0.15, -0.1) is 0 Å². The van der Waals surface area contributed by atoms with E-state index in [-0.39, 0.29) is 6.10 Å². The molecular formula is C10H15NO2. The molecule has 0 aliphatic rings. The molecule has 0 saturated carbocycles. The van der Waals surface area contributed by atoms with Gasteiger partial charge in [0.25, 0.3) is 0 Å². The SMILES string of the molecule is COc1cccc(CC(C)ON)c1. The fourth-order valence-corrected chi connectivity index (χ4v) is 1.18. The summed E-state index contributed by atoms with van der Waals surface area (Å²) in [6, 6.07) is 7.88. The summed E-state index contributed by atoms with van der Waals surface area (Å²) in [6.45, 7) is 1.93. The van der Waals surface area contributed by atoms with Crippen molar-refractivity contribution in [1.82, 2.24) is 0 Å². The largest absolute Gasteiger partial charge is 0.497 e. The molecule has 72 valence electrons. The summed E-state index contributed by atoms with van der Waals surface area (Å²) in [5, 5.41) is 0. The molecule has 0 aliphatic heterocycles. The van der Waals surface area contributed by atoms with E-state index < -0.39 is 0 Å². The van der Waals surface area contributed by atoms with E-state index in [4.69, 9.17) is 10.6 Å². The number of benzene rings is 1. The van der Waals surface area contributed by atoms with E-state index >= 15 is 0 Å². The lowest BCUT2D eigenvalue weighted by atomic mass is 10.1. The number of hydrogen-bond donors (Lipinski definition) is 1. The molecule has 0 aliphatic carbocycles. The van der Waals surface area contributed by atoms with Crippen LogP contribution in [0.25, 0.3) is 0 Å². The highest BCUT2D eigenvalue weighted by Gasteiger charge is 2.02. The molecule has 0 aromatic heterocycles. The van der Waals surface area contributed by atoms with Crippen molar-refractivity contribution in [2.75, 3.05) is 7.11 Å². The third-order valence-electron chi connectivity index (χ3n) is 1.89. The molecule has 0 heterocycles. The Balaban J connectivity index is 2.66. The third-order valence-corrected chi connectivity index (χ3v) is 1.89. The molecule has 1 aromatic rings. The molecule has 1 aromatic carbocycles. The average Bonchev–Trinajstić information content (AvgIpc) is 2.18. The summed E-state index contributed by atoms with van der Waals surface area (Å²) in [6.07, 6.45) is 0.834. The van der Waals surface area contributed by atoms with Crippen LogP contribution >= 0.6 is 0 Å². The summed E-state index contributed by atoms with van der Waals surface area (Å²) in [7, 11) is 1.65. The lowest BCUT2D eigenvalue weighted by molar-refractivity contribution is 0.0670. The van der Waals surface area contributed by atoms with E-state index in [2.05, 4.69) is 4.84 Å². The Labute approximate surface area is 78.4 Å². The predicted octanol–water partition coefficient (Wildman–Crippen LogP) is 1.52. The van der Waals surface area contributed by atoms with Crippen molar-refractivity contribution in [1.29, 1.82) is 0 Å². The van der Waals surface area contributed by atoms with Gasteiger partial charge in [0.1, 0.15) is 5.75 Å². The van der Waals surface area contributed by atoms with Gasteiger partial charge < -0.3 is 9.57 Å². The van der Waals surface area contributed by atoms with Crippen LogP contribution < -0.4 is 10.6 Å². The Morgan fingerprint density at radius 1 is 1.46 bits per heavy atom. The van der Waals surface area contributed by atoms with Gasteiger partial charge in [0.2, 0.25) is 0 Å². The van der Waals surface area contributed by atoms with Crippen molar-refractivity contribution < 1.29 is 9.57 Å². The summed E-state index contributed by atoms with van der Waals surface area (Å²) in [4.78, 5) is 4.69. The molecule has 0 radical (unpaired) electrons. The van der Waals surface area contributed by atoms with Crippen LogP contribution in [-0.2, 0) is 11.3 Å². The van der Waals surface area contributed by atoms with Crippen LogP contribution in [0.15, 0.2) is 24.3 Å². The Kier molecular flexibility index (Phi) is 3.73. The maximum atomic E-state index is 5.10. The predicted molar refractivity (Wildman–Crippen MR) is 51.4 cm³/mol. The molecular weight excluding hydrogens is 166 g/mol. The van der Waals surface area contributed by atoms with Crippen LogP contribution in [-0.4, -0.2) is 13.2 Å². The van der Waals surface area contributed by atoms with E-state index in [1.54, 1.807) is 7.11 Å². The molecule has 1 atom stereocenters. The fourth-order valence-electron chi connectivity index (χ4n) is 1.18. The minimum atomic E-state index is 0.0344. The molecule has 0 spiro atoms. The molecule has 13 heavy (non-hydrogen) atoms. The smallest absolute Gasteiger partial charge is 0.119 e. The lowest BCUT2D eigenvalue weighted by Crippen LogP contribution is -2.15. The van der Waals surface area contributed by atoms with Gasteiger partial charge in [-0.25, -0.2) is 5.90 Å². The quantitative estimate of drug-likeness (QED) is 0.716. The van der Waals surface area contributed by atoms with Gasteiger partial charge in [-0.1, -0.05) is 12.1 Å². The normalized spacial score (nSPS) is 12.5. The minimum Gasteiger partial charge on any atom is -0.497 e. The number of ether oxygens (including phenoxy) is 1. The first-order chi connectivity index (χ1) is 6.26. The maximum Gasteiger partial charge on any atom is 0.119 e. The van der Waals surface area contributed by atoms with Gasteiger partial charge >= 0.3 is 0 Å². The van der Waals surface area contributed by atoms with E-state index in [0.29, 0.717) is 0 Å². The van der Waals surface area contributed by atoms with E-state index in [0.717, 1.165) is 17.7 Å². The van der Waals surface area contributed by atoms with Gasteiger partial charge in [0, 0.05) is 6.42 Å². The summed E-state index contributed by atoms with van der Waals surface area (Å²) < 4.78 is 5.10. The first-order valence-corrected chi connectivity index (χ1v) is 4.24. The second-order valence-corrected chi connectivity index (χ2v) is 3.00. The first kappa shape index (κ1) is 10.0. The summed E-state index contributed by atoms with van der Waals surface area (Å²) >= 11 is 0. The fraction of sp³-hybridized carbons (Fsp3) is 0.400. The molecule has 0 fully saturated rings. The number of nitrogens with two attached hydrogens (primary N) is 1. The Hall–Kier alpha value is -1.06. The van der Waals surface area contributed by atoms with Crippen LogP contribution in [0.4, 0.5) is 0 Å². The highest BCUT2D eigenvalue weighted by atomic mass is 16.6. The minimum absolute atomic E-state index is 0.0344. The topological polar surface area (TPSA) is 44.5 Å². The van der Waals surface area contributed by atoms with Gasteiger partial charge in [-0.05, 0) is 24.6 Å². The molecule has 3 nitrogen and oxygen atoms in total.